The quantitative estimate of drug-likeness (QED) is 0.519. The van der Waals surface area contributed by atoms with Gasteiger partial charge in [-0.05, 0) is 0 Å². The van der Waals surface area contributed by atoms with Crippen LogP contribution in [0.3, 0.4) is 0 Å². The molecule has 1 heterocycles. The van der Waals surface area contributed by atoms with E-state index in [1.165, 1.54) is 0 Å². The minimum absolute atomic E-state index is 0.308. The van der Waals surface area contributed by atoms with E-state index in [4.69, 9.17) is 14.9 Å². The third kappa shape index (κ3) is 3.00. The SMILES string of the molecule is O=C(O)CO[C@@H]1CN[C@@H](C(=O)O)C1. The van der Waals surface area contributed by atoms with Gasteiger partial charge in [-0.2, -0.15) is 0 Å². The van der Waals surface area contributed by atoms with Crippen molar-refractivity contribution in [3.63, 3.8) is 0 Å². The molecule has 0 bridgehead atoms. The van der Waals surface area contributed by atoms with Crippen molar-refractivity contribution in [3.8, 4) is 0 Å². The smallest absolute Gasteiger partial charge is 0.329 e. The highest BCUT2D eigenvalue weighted by Crippen LogP contribution is 2.10. The molecule has 0 aromatic rings. The lowest BCUT2D eigenvalue weighted by molar-refractivity contribution is -0.144. The van der Waals surface area contributed by atoms with Crippen LogP contribution in [0.1, 0.15) is 6.42 Å². The number of carboxylic acids is 2. The molecule has 0 aromatic carbocycles. The topological polar surface area (TPSA) is 95.9 Å². The van der Waals surface area contributed by atoms with Crippen molar-refractivity contribution >= 4 is 11.9 Å². The summed E-state index contributed by atoms with van der Waals surface area (Å²) in [6, 6.07) is -0.612. The molecule has 0 amide bonds. The molecule has 6 heteroatoms. The van der Waals surface area contributed by atoms with Crippen LogP contribution < -0.4 is 5.32 Å². The molecule has 74 valence electrons. The number of ether oxygens (including phenoxy) is 1. The zero-order valence-electron chi connectivity index (χ0n) is 6.90. The van der Waals surface area contributed by atoms with E-state index in [0.717, 1.165) is 0 Å². The first-order valence-electron chi connectivity index (χ1n) is 3.89. The van der Waals surface area contributed by atoms with Crippen LogP contribution >= 0.6 is 0 Å². The van der Waals surface area contributed by atoms with E-state index >= 15 is 0 Å². The molecule has 1 aliphatic heterocycles. The number of rotatable bonds is 4. The van der Waals surface area contributed by atoms with Gasteiger partial charge in [0.2, 0.25) is 0 Å². The van der Waals surface area contributed by atoms with Gasteiger partial charge in [0, 0.05) is 13.0 Å². The van der Waals surface area contributed by atoms with Crippen LogP contribution in [-0.2, 0) is 14.3 Å². The molecule has 1 saturated heterocycles. The normalized spacial score (nSPS) is 27.4. The lowest BCUT2D eigenvalue weighted by atomic mass is 10.2. The third-order valence-corrected chi connectivity index (χ3v) is 1.83. The zero-order chi connectivity index (χ0) is 9.84. The molecule has 13 heavy (non-hydrogen) atoms. The number of nitrogens with one attached hydrogen (secondary N) is 1. The molecule has 0 radical (unpaired) electrons. The van der Waals surface area contributed by atoms with Crippen LogP contribution in [0.25, 0.3) is 0 Å². The monoisotopic (exact) mass is 189 g/mol. The first-order valence-corrected chi connectivity index (χ1v) is 3.89. The lowest BCUT2D eigenvalue weighted by Gasteiger charge is -2.07. The summed E-state index contributed by atoms with van der Waals surface area (Å²) in [7, 11) is 0. The average molecular weight is 189 g/mol. The first kappa shape index (κ1) is 9.94. The molecule has 6 nitrogen and oxygen atoms in total. The molecule has 3 N–H and O–H groups in total. The van der Waals surface area contributed by atoms with Gasteiger partial charge in [-0.3, -0.25) is 4.79 Å². The number of carbonyl (C=O) groups is 2. The third-order valence-electron chi connectivity index (χ3n) is 1.83. The van der Waals surface area contributed by atoms with Crippen LogP contribution in [0.2, 0.25) is 0 Å². The van der Waals surface area contributed by atoms with Crippen LogP contribution in [0.5, 0.6) is 0 Å². The second kappa shape index (κ2) is 4.20. The molecule has 2 atom stereocenters. The average Bonchev–Trinajstić information content (AvgIpc) is 2.48. The summed E-state index contributed by atoms with van der Waals surface area (Å²) in [5, 5.41) is 19.6. The van der Waals surface area contributed by atoms with E-state index in [0.29, 0.717) is 13.0 Å². The largest absolute Gasteiger partial charge is 0.480 e. The van der Waals surface area contributed by atoms with Crippen molar-refractivity contribution in [2.75, 3.05) is 13.2 Å². The first-order chi connectivity index (χ1) is 6.09. The van der Waals surface area contributed by atoms with Crippen LogP contribution in [0, 0.1) is 0 Å². The number of hydrogen-bond acceptors (Lipinski definition) is 4. The number of carboxylic acid groups (broad SMARTS) is 2. The Morgan fingerprint density at radius 1 is 1.46 bits per heavy atom. The fraction of sp³-hybridized carbons (Fsp3) is 0.714. The second-order valence-corrected chi connectivity index (χ2v) is 2.86. The van der Waals surface area contributed by atoms with Crippen molar-refractivity contribution < 1.29 is 24.5 Å². The summed E-state index contributed by atoms with van der Waals surface area (Å²) in [6.07, 6.45) is 0.0139. The van der Waals surface area contributed by atoms with Crippen LogP contribution in [0.15, 0.2) is 0 Å². The summed E-state index contributed by atoms with van der Waals surface area (Å²) >= 11 is 0. The summed E-state index contributed by atoms with van der Waals surface area (Å²) in [6.45, 7) is 0.0168. The fourth-order valence-electron chi connectivity index (χ4n) is 1.21. The molecule has 1 rings (SSSR count). The summed E-state index contributed by atoms with van der Waals surface area (Å²) in [5.74, 6) is -1.97. The van der Waals surface area contributed by atoms with E-state index in [1.807, 2.05) is 0 Å². The Morgan fingerprint density at radius 3 is 2.62 bits per heavy atom. The standard InChI is InChI=1S/C7H11NO5/c9-6(10)3-13-4-1-5(7(11)12)8-2-4/h4-5,8H,1-3H2,(H,9,10)(H,11,12)/t4-,5+/m0/s1. The second-order valence-electron chi connectivity index (χ2n) is 2.86. The molecule has 0 saturated carbocycles. The summed E-state index contributed by atoms with van der Waals surface area (Å²) in [5.41, 5.74) is 0. The number of hydrogen-bond donors (Lipinski definition) is 3. The molecule has 0 aromatic heterocycles. The molecular formula is C7H11NO5. The summed E-state index contributed by atoms with van der Waals surface area (Å²) < 4.78 is 4.92. The molecule has 1 fully saturated rings. The highest BCUT2D eigenvalue weighted by Gasteiger charge is 2.29. The predicted molar refractivity (Wildman–Crippen MR) is 41.4 cm³/mol. The van der Waals surface area contributed by atoms with Gasteiger partial charge in [0.05, 0.1) is 6.10 Å². The summed E-state index contributed by atoms with van der Waals surface area (Å²) in [4.78, 5) is 20.6. The molecule has 0 unspecified atom stereocenters. The van der Waals surface area contributed by atoms with Gasteiger partial charge >= 0.3 is 11.9 Å². The highest BCUT2D eigenvalue weighted by molar-refractivity contribution is 5.74. The molecule has 0 spiro atoms. The van der Waals surface area contributed by atoms with Gasteiger partial charge in [0.25, 0.3) is 0 Å². The predicted octanol–water partition coefficient (Wildman–Crippen LogP) is -1.10. The van der Waals surface area contributed by atoms with Gasteiger partial charge in [-0.25, -0.2) is 4.79 Å². The maximum absolute atomic E-state index is 10.5. The Hall–Kier alpha value is -1.14. The zero-order valence-corrected chi connectivity index (χ0v) is 6.90. The van der Waals surface area contributed by atoms with E-state index in [-0.39, 0.29) is 12.7 Å². The van der Waals surface area contributed by atoms with Gasteiger partial charge in [0.15, 0.2) is 0 Å². The van der Waals surface area contributed by atoms with E-state index in [9.17, 15) is 9.59 Å². The Balaban J connectivity index is 2.25. The molecule has 0 aliphatic carbocycles. The highest BCUT2D eigenvalue weighted by atomic mass is 16.5. The maximum Gasteiger partial charge on any atom is 0.329 e. The Kier molecular flexibility index (Phi) is 3.21. The van der Waals surface area contributed by atoms with Crippen molar-refractivity contribution in [3.05, 3.63) is 0 Å². The Bertz CT molecular complexity index is 217. The maximum atomic E-state index is 10.5. The van der Waals surface area contributed by atoms with Gasteiger partial charge in [0.1, 0.15) is 12.6 Å². The molecule has 1 aliphatic rings. The van der Waals surface area contributed by atoms with Crippen molar-refractivity contribution in [2.45, 2.75) is 18.6 Å². The van der Waals surface area contributed by atoms with E-state index < -0.39 is 18.0 Å². The van der Waals surface area contributed by atoms with Gasteiger partial charge in [-0.15, -0.1) is 0 Å². The van der Waals surface area contributed by atoms with Gasteiger partial charge < -0.3 is 20.3 Å². The van der Waals surface area contributed by atoms with E-state index in [2.05, 4.69) is 5.32 Å². The van der Waals surface area contributed by atoms with E-state index in [1.54, 1.807) is 0 Å². The number of aliphatic carboxylic acids is 2. The van der Waals surface area contributed by atoms with Crippen molar-refractivity contribution in [1.29, 1.82) is 0 Å². The molecular weight excluding hydrogens is 178 g/mol. The van der Waals surface area contributed by atoms with Crippen molar-refractivity contribution in [2.24, 2.45) is 0 Å². The minimum atomic E-state index is -1.04. The van der Waals surface area contributed by atoms with Crippen LogP contribution in [0.4, 0.5) is 0 Å². The van der Waals surface area contributed by atoms with Crippen LogP contribution in [-0.4, -0.2) is 47.4 Å². The Labute approximate surface area is 74.5 Å². The minimum Gasteiger partial charge on any atom is -0.480 e. The Morgan fingerprint density at radius 2 is 2.15 bits per heavy atom. The van der Waals surface area contributed by atoms with Gasteiger partial charge in [-0.1, -0.05) is 0 Å². The van der Waals surface area contributed by atoms with Crippen molar-refractivity contribution in [1.82, 2.24) is 5.32 Å². The fourth-order valence-corrected chi connectivity index (χ4v) is 1.21. The lowest BCUT2D eigenvalue weighted by Crippen LogP contribution is -2.30.